The van der Waals surface area contributed by atoms with Gasteiger partial charge in [0.1, 0.15) is 11.6 Å². The molecule has 0 saturated heterocycles. The van der Waals surface area contributed by atoms with Gasteiger partial charge in [-0.1, -0.05) is 0 Å². The third-order valence-corrected chi connectivity index (χ3v) is 4.24. The monoisotopic (exact) mass is 395 g/mol. The summed E-state index contributed by atoms with van der Waals surface area (Å²) in [5, 5.41) is 16.0. The molecule has 0 aliphatic rings. The number of aryl methyl sites for hydroxylation is 1. The van der Waals surface area contributed by atoms with Crippen molar-refractivity contribution in [1.29, 1.82) is 0 Å². The minimum atomic E-state index is -0.779. The molecule has 29 heavy (non-hydrogen) atoms. The SMILES string of the molecule is Cc1nnc2ccc(-c3cc(NC(C)C)ccc3Oc3ccc(F)cc3F)nn12. The summed E-state index contributed by atoms with van der Waals surface area (Å²) in [7, 11) is 0. The van der Waals surface area contributed by atoms with Crippen LogP contribution in [0.4, 0.5) is 14.5 Å². The number of fused-ring (bicyclic) bond motifs is 1. The molecule has 0 fully saturated rings. The maximum Gasteiger partial charge on any atom is 0.177 e. The molecule has 4 rings (SSSR count). The average Bonchev–Trinajstić information content (AvgIpc) is 3.05. The molecule has 0 aliphatic heterocycles. The van der Waals surface area contributed by atoms with Crippen molar-refractivity contribution in [2.75, 3.05) is 5.32 Å². The van der Waals surface area contributed by atoms with Crippen molar-refractivity contribution < 1.29 is 13.5 Å². The van der Waals surface area contributed by atoms with Gasteiger partial charge in [0, 0.05) is 23.4 Å². The van der Waals surface area contributed by atoms with Crippen molar-refractivity contribution in [2.45, 2.75) is 26.8 Å². The second-order valence-corrected chi connectivity index (χ2v) is 6.92. The molecule has 2 aromatic heterocycles. The topological polar surface area (TPSA) is 64.3 Å². The predicted molar refractivity (Wildman–Crippen MR) is 106 cm³/mol. The average molecular weight is 395 g/mol. The highest BCUT2D eigenvalue weighted by molar-refractivity contribution is 5.73. The van der Waals surface area contributed by atoms with E-state index in [4.69, 9.17) is 4.74 Å². The van der Waals surface area contributed by atoms with Crippen LogP contribution < -0.4 is 10.1 Å². The van der Waals surface area contributed by atoms with Crippen LogP contribution in [-0.4, -0.2) is 25.9 Å². The summed E-state index contributed by atoms with van der Waals surface area (Å²) in [6, 6.07) is 12.5. The van der Waals surface area contributed by atoms with E-state index in [0.29, 0.717) is 28.5 Å². The number of anilines is 1. The van der Waals surface area contributed by atoms with E-state index in [1.54, 1.807) is 29.6 Å². The lowest BCUT2D eigenvalue weighted by Crippen LogP contribution is -2.09. The molecule has 0 atom stereocenters. The number of aromatic nitrogens is 4. The van der Waals surface area contributed by atoms with Crippen LogP contribution in [0.3, 0.4) is 0 Å². The number of halogens is 2. The van der Waals surface area contributed by atoms with Crippen molar-refractivity contribution in [3.05, 3.63) is 66.0 Å². The summed E-state index contributed by atoms with van der Waals surface area (Å²) < 4.78 is 34.8. The van der Waals surface area contributed by atoms with Crippen LogP contribution in [-0.2, 0) is 0 Å². The van der Waals surface area contributed by atoms with Crippen LogP contribution >= 0.6 is 0 Å². The molecule has 148 valence electrons. The normalized spacial score (nSPS) is 11.2. The molecule has 0 radical (unpaired) electrons. The standard InChI is InChI=1S/C21H19F2N5O/c1-12(2)24-15-5-8-19(29-20-7-4-14(22)10-17(20)23)16(11-15)18-6-9-21-26-25-13(3)28(21)27-18/h4-12,24H,1-3H3. The molecule has 2 aromatic carbocycles. The van der Waals surface area contributed by atoms with Crippen molar-refractivity contribution in [2.24, 2.45) is 0 Å². The number of nitrogens with one attached hydrogen (secondary N) is 1. The van der Waals surface area contributed by atoms with Gasteiger partial charge in [0.05, 0.1) is 5.69 Å². The fourth-order valence-corrected chi connectivity index (χ4v) is 2.96. The molecule has 0 bridgehead atoms. The van der Waals surface area contributed by atoms with Crippen LogP contribution in [0.25, 0.3) is 16.9 Å². The van der Waals surface area contributed by atoms with Gasteiger partial charge in [0.25, 0.3) is 0 Å². The minimum Gasteiger partial charge on any atom is -0.454 e. The predicted octanol–water partition coefficient (Wildman–Crippen LogP) is 4.99. The summed E-state index contributed by atoms with van der Waals surface area (Å²) in [6.45, 7) is 5.87. The Bertz CT molecular complexity index is 1190. The molecule has 0 spiro atoms. The Balaban J connectivity index is 1.82. The second-order valence-electron chi connectivity index (χ2n) is 6.92. The maximum atomic E-state index is 14.1. The van der Waals surface area contributed by atoms with Crippen LogP contribution in [0.2, 0.25) is 0 Å². The fourth-order valence-electron chi connectivity index (χ4n) is 2.96. The zero-order chi connectivity index (χ0) is 20.5. The number of nitrogens with zero attached hydrogens (tertiary/aromatic N) is 4. The Labute approximate surface area is 166 Å². The van der Waals surface area contributed by atoms with Crippen LogP contribution in [0.5, 0.6) is 11.5 Å². The first-order chi connectivity index (χ1) is 13.9. The fraction of sp³-hybridized carbons (Fsp3) is 0.190. The van der Waals surface area contributed by atoms with E-state index in [2.05, 4.69) is 20.6 Å². The van der Waals surface area contributed by atoms with Gasteiger partial charge < -0.3 is 10.1 Å². The molecule has 6 nitrogen and oxygen atoms in total. The van der Waals surface area contributed by atoms with Gasteiger partial charge in [-0.05, 0) is 63.2 Å². The molecule has 2 heterocycles. The summed E-state index contributed by atoms with van der Waals surface area (Å²) >= 11 is 0. The Morgan fingerprint density at radius 2 is 1.76 bits per heavy atom. The lowest BCUT2D eigenvalue weighted by atomic mass is 10.1. The lowest BCUT2D eigenvalue weighted by Gasteiger charge is -2.15. The van der Waals surface area contributed by atoms with E-state index in [1.165, 1.54) is 6.07 Å². The number of benzene rings is 2. The Morgan fingerprint density at radius 1 is 0.966 bits per heavy atom. The molecule has 0 amide bonds. The van der Waals surface area contributed by atoms with Gasteiger partial charge >= 0.3 is 0 Å². The van der Waals surface area contributed by atoms with Crippen molar-refractivity contribution in [3.63, 3.8) is 0 Å². The molecule has 0 saturated carbocycles. The Kier molecular flexibility index (Phi) is 4.84. The van der Waals surface area contributed by atoms with Crippen LogP contribution in [0.15, 0.2) is 48.5 Å². The van der Waals surface area contributed by atoms with E-state index < -0.39 is 11.6 Å². The summed E-state index contributed by atoms with van der Waals surface area (Å²) in [4.78, 5) is 0. The van der Waals surface area contributed by atoms with Crippen molar-refractivity contribution in [1.82, 2.24) is 19.8 Å². The van der Waals surface area contributed by atoms with Crippen molar-refractivity contribution in [3.8, 4) is 22.8 Å². The van der Waals surface area contributed by atoms with Gasteiger partial charge in [-0.3, -0.25) is 0 Å². The summed E-state index contributed by atoms with van der Waals surface area (Å²) in [5.74, 6) is -0.480. The van der Waals surface area contributed by atoms with Gasteiger partial charge in [-0.2, -0.15) is 9.61 Å². The summed E-state index contributed by atoms with van der Waals surface area (Å²) in [6.07, 6.45) is 0. The Morgan fingerprint density at radius 3 is 2.52 bits per heavy atom. The van der Waals surface area contributed by atoms with Gasteiger partial charge in [-0.15, -0.1) is 10.2 Å². The number of hydrogen-bond acceptors (Lipinski definition) is 5. The van der Waals surface area contributed by atoms with Gasteiger partial charge in [0.15, 0.2) is 23.0 Å². The highest BCUT2D eigenvalue weighted by atomic mass is 19.1. The Hall–Kier alpha value is -3.55. The van der Waals surface area contributed by atoms with Crippen LogP contribution in [0, 0.1) is 18.6 Å². The van der Waals surface area contributed by atoms with E-state index in [0.717, 1.165) is 17.8 Å². The van der Waals surface area contributed by atoms with Crippen molar-refractivity contribution >= 4 is 11.3 Å². The second kappa shape index (κ2) is 7.46. The molecule has 0 unspecified atom stereocenters. The quantitative estimate of drug-likeness (QED) is 0.516. The molecule has 1 N–H and O–H groups in total. The summed E-state index contributed by atoms with van der Waals surface area (Å²) in [5.41, 5.74) is 2.73. The highest BCUT2D eigenvalue weighted by Gasteiger charge is 2.15. The minimum absolute atomic E-state index is 0.0706. The first kappa shape index (κ1) is 18.8. The molecule has 0 aliphatic carbocycles. The number of ether oxygens (including phenoxy) is 1. The molecule has 8 heteroatoms. The first-order valence-electron chi connectivity index (χ1n) is 9.13. The maximum absolute atomic E-state index is 14.1. The zero-order valence-electron chi connectivity index (χ0n) is 16.1. The molecular formula is C21H19F2N5O. The van der Waals surface area contributed by atoms with E-state index in [-0.39, 0.29) is 11.8 Å². The van der Waals surface area contributed by atoms with Crippen LogP contribution in [0.1, 0.15) is 19.7 Å². The van der Waals surface area contributed by atoms with E-state index in [1.807, 2.05) is 26.0 Å². The highest BCUT2D eigenvalue weighted by Crippen LogP contribution is 2.36. The third kappa shape index (κ3) is 3.87. The zero-order valence-corrected chi connectivity index (χ0v) is 16.1. The largest absolute Gasteiger partial charge is 0.454 e. The molecule has 4 aromatic rings. The lowest BCUT2D eigenvalue weighted by molar-refractivity contribution is 0.439. The van der Waals surface area contributed by atoms with E-state index in [9.17, 15) is 8.78 Å². The van der Waals surface area contributed by atoms with Gasteiger partial charge in [0.2, 0.25) is 0 Å². The number of rotatable bonds is 5. The van der Waals surface area contributed by atoms with E-state index >= 15 is 0 Å². The molecular weight excluding hydrogens is 376 g/mol. The number of hydrogen-bond donors (Lipinski definition) is 1. The third-order valence-electron chi connectivity index (χ3n) is 4.24. The first-order valence-corrected chi connectivity index (χ1v) is 9.13. The van der Waals surface area contributed by atoms with Gasteiger partial charge in [-0.25, -0.2) is 8.78 Å². The smallest absolute Gasteiger partial charge is 0.177 e.